The lowest BCUT2D eigenvalue weighted by Crippen LogP contribution is -2.45. The second kappa shape index (κ2) is 6.88. The Morgan fingerprint density at radius 2 is 1.93 bits per heavy atom. The monoisotopic (exact) mass is 367 g/mol. The van der Waals surface area contributed by atoms with E-state index < -0.39 is 5.97 Å². The van der Waals surface area contributed by atoms with Crippen LogP contribution in [0.2, 0.25) is 0 Å². The van der Waals surface area contributed by atoms with Crippen LogP contribution in [0, 0.1) is 0 Å². The number of likely N-dealkylation sites (N-methyl/N-ethyl adjacent to an activating group) is 1. The molecule has 0 amide bonds. The van der Waals surface area contributed by atoms with Gasteiger partial charge >= 0.3 is 5.97 Å². The lowest BCUT2D eigenvalue weighted by molar-refractivity contribution is 0.0687. The second-order valence-corrected chi connectivity index (χ2v) is 6.67. The summed E-state index contributed by atoms with van der Waals surface area (Å²) in [5.41, 5.74) is 0.927. The van der Waals surface area contributed by atoms with Crippen molar-refractivity contribution >= 4 is 22.8 Å². The van der Waals surface area contributed by atoms with Crippen molar-refractivity contribution in [2.75, 3.05) is 38.1 Å². The van der Waals surface area contributed by atoms with Crippen LogP contribution in [-0.4, -0.2) is 63.7 Å². The summed E-state index contributed by atoms with van der Waals surface area (Å²) in [5.74, 6) is 0.667. The van der Waals surface area contributed by atoms with Gasteiger partial charge < -0.3 is 24.2 Å². The fraction of sp³-hybridized carbons (Fsp3) is 0.316. The van der Waals surface area contributed by atoms with Crippen LogP contribution in [0.1, 0.15) is 10.5 Å². The van der Waals surface area contributed by atoms with E-state index in [-0.39, 0.29) is 5.69 Å². The van der Waals surface area contributed by atoms with Crippen LogP contribution in [0.4, 0.5) is 5.95 Å². The van der Waals surface area contributed by atoms with Crippen molar-refractivity contribution in [3.05, 3.63) is 42.2 Å². The third-order valence-electron chi connectivity index (χ3n) is 4.86. The molecule has 0 saturated carbocycles. The van der Waals surface area contributed by atoms with Gasteiger partial charge in [0.15, 0.2) is 5.75 Å². The van der Waals surface area contributed by atoms with Gasteiger partial charge in [-0.15, -0.1) is 0 Å². The standard InChI is InChI=1S/C19H21N5O3/c1-22-8-10-24(11-9-22)19-20-7-6-16(21-19)27-15-5-3-4-13-12-14(18(25)26)23(2)17(13)15/h3-7,12H,8-11H2,1-2H3,(H,25,26). The van der Waals surface area contributed by atoms with E-state index in [9.17, 15) is 9.90 Å². The Morgan fingerprint density at radius 3 is 2.67 bits per heavy atom. The van der Waals surface area contributed by atoms with Crippen LogP contribution < -0.4 is 9.64 Å². The zero-order chi connectivity index (χ0) is 19.0. The minimum absolute atomic E-state index is 0.210. The van der Waals surface area contributed by atoms with Gasteiger partial charge in [-0.2, -0.15) is 4.98 Å². The smallest absolute Gasteiger partial charge is 0.352 e. The van der Waals surface area contributed by atoms with E-state index in [4.69, 9.17) is 4.74 Å². The highest BCUT2D eigenvalue weighted by Crippen LogP contribution is 2.31. The molecule has 8 heteroatoms. The largest absolute Gasteiger partial charge is 0.477 e. The number of anilines is 1. The summed E-state index contributed by atoms with van der Waals surface area (Å²) >= 11 is 0. The first-order valence-corrected chi connectivity index (χ1v) is 8.79. The van der Waals surface area contributed by atoms with Crippen molar-refractivity contribution in [3.63, 3.8) is 0 Å². The Kier molecular flexibility index (Phi) is 4.41. The first-order chi connectivity index (χ1) is 13.0. The normalized spacial score (nSPS) is 15.3. The van der Waals surface area contributed by atoms with Gasteiger partial charge in [-0.05, 0) is 19.2 Å². The van der Waals surface area contributed by atoms with Crippen LogP contribution in [0.3, 0.4) is 0 Å². The first-order valence-electron chi connectivity index (χ1n) is 8.79. The summed E-state index contributed by atoms with van der Waals surface area (Å²) in [7, 11) is 3.82. The van der Waals surface area contributed by atoms with Gasteiger partial charge in [0.05, 0.1) is 5.52 Å². The molecular formula is C19H21N5O3. The molecule has 0 radical (unpaired) electrons. The number of piperazine rings is 1. The van der Waals surface area contributed by atoms with Gasteiger partial charge in [0, 0.05) is 50.9 Å². The quantitative estimate of drug-likeness (QED) is 0.757. The maximum Gasteiger partial charge on any atom is 0.352 e. The number of carboxylic acid groups (broad SMARTS) is 1. The zero-order valence-corrected chi connectivity index (χ0v) is 15.3. The van der Waals surface area contributed by atoms with E-state index in [2.05, 4.69) is 26.8 Å². The SMILES string of the molecule is CN1CCN(c2nccc(Oc3cccc4cc(C(=O)O)n(C)c34)n2)CC1. The number of carbonyl (C=O) groups is 1. The summed E-state index contributed by atoms with van der Waals surface area (Å²) in [4.78, 5) is 24.7. The number of aromatic carboxylic acids is 1. The van der Waals surface area contributed by atoms with E-state index >= 15 is 0 Å². The highest BCUT2D eigenvalue weighted by Gasteiger charge is 2.18. The van der Waals surface area contributed by atoms with Crippen LogP contribution in [0.15, 0.2) is 36.5 Å². The predicted molar refractivity (Wildman–Crippen MR) is 102 cm³/mol. The van der Waals surface area contributed by atoms with Gasteiger partial charge in [0.1, 0.15) is 5.69 Å². The van der Waals surface area contributed by atoms with Crippen molar-refractivity contribution in [2.45, 2.75) is 0 Å². The molecule has 1 N–H and O–H groups in total. The van der Waals surface area contributed by atoms with E-state index in [0.29, 0.717) is 17.6 Å². The number of rotatable bonds is 4. The number of hydrogen-bond donors (Lipinski definition) is 1. The molecule has 8 nitrogen and oxygen atoms in total. The molecule has 1 aromatic carbocycles. The fourth-order valence-corrected chi connectivity index (χ4v) is 3.33. The molecule has 1 aliphatic heterocycles. The number of ether oxygens (including phenoxy) is 1. The topological polar surface area (TPSA) is 83.7 Å². The van der Waals surface area contributed by atoms with Gasteiger partial charge in [0.25, 0.3) is 0 Å². The maximum absolute atomic E-state index is 11.4. The summed E-state index contributed by atoms with van der Waals surface area (Å²) in [5, 5.41) is 10.2. The average Bonchev–Trinajstić information content (AvgIpc) is 3.01. The minimum atomic E-state index is -0.973. The highest BCUT2D eigenvalue weighted by atomic mass is 16.5. The molecule has 0 aliphatic carbocycles. The fourth-order valence-electron chi connectivity index (χ4n) is 3.33. The minimum Gasteiger partial charge on any atom is -0.477 e. The van der Waals surface area contributed by atoms with E-state index in [1.165, 1.54) is 0 Å². The molecule has 0 atom stereocenters. The molecule has 4 rings (SSSR count). The molecule has 140 valence electrons. The molecule has 3 heterocycles. The van der Waals surface area contributed by atoms with Crippen molar-refractivity contribution in [3.8, 4) is 11.6 Å². The maximum atomic E-state index is 11.4. The second-order valence-electron chi connectivity index (χ2n) is 6.67. The predicted octanol–water partition coefficient (Wildman–Crippen LogP) is 2.21. The van der Waals surface area contributed by atoms with E-state index in [0.717, 1.165) is 37.1 Å². The molecule has 0 unspecified atom stereocenters. The number of para-hydroxylation sites is 1. The molecule has 0 bridgehead atoms. The van der Waals surface area contributed by atoms with Crippen molar-refractivity contribution < 1.29 is 14.6 Å². The summed E-state index contributed by atoms with van der Waals surface area (Å²) in [6.07, 6.45) is 1.68. The Hall–Kier alpha value is -3.13. The molecule has 0 spiro atoms. The van der Waals surface area contributed by atoms with Crippen LogP contribution >= 0.6 is 0 Å². The van der Waals surface area contributed by atoms with Gasteiger partial charge in [-0.1, -0.05) is 12.1 Å². The van der Waals surface area contributed by atoms with E-state index in [1.807, 2.05) is 18.2 Å². The van der Waals surface area contributed by atoms with Gasteiger partial charge in [-0.3, -0.25) is 0 Å². The van der Waals surface area contributed by atoms with Gasteiger partial charge in [0.2, 0.25) is 11.8 Å². The third-order valence-corrected chi connectivity index (χ3v) is 4.86. The lowest BCUT2D eigenvalue weighted by Gasteiger charge is -2.32. The molecule has 2 aromatic heterocycles. The lowest BCUT2D eigenvalue weighted by atomic mass is 10.2. The number of aryl methyl sites for hydroxylation is 1. The Balaban J connectivity index is 1.65. The summed E-state index contributed by atoms with van der Waals surface area (Å²) < 4.78 is 7.64. The summed E-state index contributed by atoms with van der Waals surface area (Å²) in [6, 6.07) is 8.86. The number of fused-ring (bicyclic) bond motifs is 1. The number of carboxylic acids is 1. The Labute approximate surface area is 156 Å². The number of nitrogens with zero attached hydrogens (tertiary/aromatic N) is 5. The van der Waals surface area contributed by atoms with Crippen LogP contribution in [-0.2, 0) is 7.05 Å². The number of aromatic nitrogens is 3. The number of hydrogen-bond acceptors (Lipinski definition) is 6. The highest BCUT2D eigenvalue weighted by molar-refractivity contribution is 5.96. The summed E-state index contributed by atoms with van der Waals surface area (Å²) in [6.45, 7) is 3.68. The first kappa shape index (κ1) is 17.3. The Morgan fingerprint density at radius 1 is 1.15 bits per heavy atom. The molecule has 27 heavy (non-hydrogen) atoms. The molecule has 1 saturated heterocycles. The third kappa shape index (κ3) is 3.31. The molecule has 1 fully saturated rings. The molecule has 3 aromatic rings. The Bertz CT molecular complexity index is 992. The van der Waals surface area contributed by atoms with Crippen molar-refractivity contribution in [1.29, 1.82) is 0 Å². The molecular weight excluding hydrogens is 346 g/mol. The number of benzene rings is 1. The molecule has 1 aliphatic rings. The van der Waals surface area contributed by atoms with Crippen molar-refractivity contribution in [1.82, 2.24) is 19.4 Å². The zero-order valence-electron chi connectivity index (χ0n) is 15.3. The van der Waals surface area contributed by atoms with Gasteiger partial charge in [-0.25, -0.2) is 9.78 Å². The average molecular weight is 367 g/mol. The van der Waals surface area contributed by atoms with E-state index in [1.54, 1.807) is 29.9 Å². The van der Waals surface area contributed by atoms with Crippen molar-refractivity contribution in [2.24, 2.45) is 7.05 Å². The van der Waals surface area contributed by atoms with Crippen LogP contribution in [0.25, 0.3) is 10.9 Å². The van der Waals surface area contributed by atoms with Crippen LogP contribution in [0.5, 0.6) is 11.6 Å².